The van der Waals surface area contributed by atoms with Crippen LogP contribution in [0.25, 0.3) is 0 Å². The molecule has 36 heavy (non-hydrogen) atoms. The van der Waals surface area contributed by atoms with Crippen LogP contribution >= 0.6 is 0 Å². The van der Waals surface area contributed by atoms with Gasteiger partial charge in [0.2, 0.25) is 0 Å². The molecule has 0 saturated heterocycles. The van der Waals surface area contributed by atoms with Crippen LogP contribution < -0.4 is 0 Å². The molecule has 0 amide bonds. The van der Waals surface area contributed by atoms with E-state index in [0.29, 0.717) is 5.92 Å². The monoisotopic (exact) mass is 500 g/mol. The van der Waals surface area contributed by atoms with Crippen LogP contribution in [0, 0.1) is 55.7 Å². The fourth-order valence-electron chi connectivity index (χ4n) is 12.0. The van der Waals surface area contributed by atoms with E-state index in [0.717, 1.165) is 51.4 Å². The smallest absolute Gasteiger partial charge is 0.302 e. The normalized spacial score (nSPS) is 54.9. The molecule has 0 spiro atoms. The van der Waals surface area contributed by atoms with E-state index in [2.05, 4.69) is 55.4 Å². The molecule has 10 atom stereocenters. The van der Waals surface area contributed by atoms with E-state index < -0.39 is 11.5 Å². The molecule has 204 valence electrons. The first-order valence-electron chi connectivity index (χ1n) is 14.8. The van der Waals surface area contributed by atoms with E-state index in [1.54, 1.807) is 0 Å². The number of carbonyl (C=O) groups is 2. The zero-order chi connectivity index (χ0) is 26.7. The Bertz CT molecular complexity index is 954. The zero-order valence-electron chi connectivity index (χ0n) is 24.5. The summed E-state index contributed by atoms with van der Waals surface area (Å²) in [4.78, 5) is 25.6. The Balaban J connectivity index is 1.64. The molecule has 0 radical (unpaired) electrons. The predicted octanol–water partition coefficient (Wildman–Crippen LogP) is 6.97. The van der Waals surface area contributed by atoms with Gasteiger partial charge in [0, 0.05) is 12.3 Å². The number of carbonyl (C=O) groups excluding carboxylic acids is 2. The summed E-state index contributed by atoms with van der Waals surface area (Å²) < 4.78 is 5.87. The van der Waals surface area contributed by atoms with Gasteiger partial charge in [-0.25, -0.2) is 0 Å². The summed E-state index contributed by atoms with van der Waals surface area (Å²) in [5.74, 6) is 0.437. The number of aldehydes is 1. The second-order valence-corrected chi connectivity index (χ2v) is 16.4. The van der Waals surface area contributed by atoms with Gasteiger partial charge in [-0.05, 0) is 103 Å². The molecule has 0 aromatic rings. The Morgan fingerprint density at radius 2 is 1.50 bits per heavy atom. The van der Waals surface area contributed by atoms with Crippen molar-refractivity contribution in [3.63, 3.8) is 0 Å². The number of aliphatic hydroxyl groups excluding tert-OH is 1. The number of aliphatic hydroxyl groups is 1. The van der Waals surface area contributed by atoms with Crippen LogP contribution in [-0.2, 0) is 14.3 Å². The highest BCUT2D eigenvalue weighted by Gasteiger charge is 2.81. The molecule has 5 fully saturated rings. The lowest BCUT2D eigenvalue weighted by Crippen LogP contribution is -2.62. The van der Waals surface area contributed by atoms with Crippen molar-refractivity contribution < 1.29 is 19.4 Å². The van der Waals surface area contributed by atoms with Gasteiger partial charge < -0.3 is 14.6 Å². The summed E-state index contributed by atoms with van der Waals surface area (Å²) in [6, 6.07) is 0. The van der Waals surface area contributed by atoms with Crippen molar-refractivity contribution in [1.29, 1.82) is 0 Å². The number of hydrogen-bond acceptors (Lipinski definition) is 4. The second kappa shape index (κ2) is 7.60. The lowest BCUT2D eigenvalue weighted by atomic mass is 9.37. The Labute approximate surface area is 219 Å². The van der Waals surface area contributed by atoms with Gasteiger partial charge in [0.25, 0.3) is 0 Å². The summed E-state index contributed by atoms with van der Waals surface area (Å²) in [6.45, 7) is 20.5. The average molecular weight is 501 g/mol. The van der Waals surface area contributed by atoms with Gasteiger partial charge >= 0.3 is 5.97 Å². The molecular formula is C32H52O4. The molecular weight excluding hydrogens is 448 g/mol. The first kappa shape index (κ1) is 26.7. The Morgan fingerprint density at radius 1 is 0.861 bits per heavy atom. The number of hydrogen-bond donors (Lipinski definition) is 1. The number of ether oxygens (including phenoxy) is 1. The summed E-state index contributed by atoms with van der Waals surface area (Å²) in [5, 5.41) is 12.7. The third-order valence-electron chi connectivity index (χ3n) is 14.1. The van der Waals surface area contributed by atoms with Crippen LogP contribution in [0.15, 0.2) is 0 Å². The van der Waals surface area contributed by atoms with Gasteiger partial charge in [-0.2, -0.15) is 0 Å². The summed E-state index contributed by atoms with van der Waals surface area (Å²) in [6.07, 6.45) is 10.0. The van der Waals surface area contributed by atoms with Crippen LogP contribution in [-0.4, -0.2) is 29.6 Å². The van der Waals surface area contributed by atoms with E-state index in [4.69, 9.17) is 4.74 Å². The highest BCUT2D eigenvalue weighted by atomic mass is 16.5. The van der Waals surface area contributed by atoms with Crippen LogP contribution in [0.4, 0.5) is 0 Å². The lowest BCUT2D eigenvalue weighted by Gasteiger charge is -2.66. The largest absolute Gasteiger partial charge is 0.462 e. The molecule has 0 aromatic carbocycles. The molecule has 0 heterocycles. The van der Waals surface area contributed by atoms with Crippen molar-refractivity contribution in [3.8, 4) is 0 Å². The maximum atomic E-state index is 13.6. The third-order valence-corrected chi connectivity index (χ3v) is 14.1. The van der Waals surface area contributed by atoms with Crippen LogP contribution in [0.2, 0.25) is 0 Å². The Hall–Kier alpha value is -0.900. The molecule has 4 nitrogen and oxygen atoms in total. The van der Waals surface area contributed by atoms with Crippen molar-refractivity contribution in [2.75, 3.05) is 0 Å². The van der Waals surface area contributed by atoms with Crippen LogP contribution in [0.3, 0.4) is 0 Å². The zero-order valence-corrected chi connectivity index (χ0v) is 24.5. The SMILES string of the molecule is CC(=O)O[C@H]1CC[C@]2(C)[C@H]3[C@H](O)[C@@]4(C=O)[C@@H]5CC(C)(C)CC[C@]5(C)CC[C@@]4(C)[C@]3(C)CC[C@H]2C1(C)C. The fourth-order valence-corrected chi connectivity index (χ4v) is 12.0. The number of esters is 1. The van der Waals surface area contributed by atoms with E-state index in [1.807, 2.05) is 0 Å². The molecule has 5 aliphatic rings. The molecule has 0 unspecified atom stereocenters. The molecule has 0 bridgehead atoms. The van der Waals surface area contributed by atoms with Gasteiger partial charge in [0.1, 0.15) is 12.4 Å². The number of rotatable bonds is 2. The molecule has 4 heteroatoms. The first-order valence-corrected chi connectivity index (χ1v) is 14.8. The van der Waals surface area contributed by atoms with Gasteiger partial charge in [-0.1, -0.05) is 55.4 Å². The average Bonchev–Trinajstić information content (AvgIpc) is 2.92. The summed E-state index contributed by atoms with van der Waals surface area (Å²) >= 11 is 0. The highest BCUT2D eigenvalue weighted by molar-refractivity contribution is 5.67. The molecule has 0 aliphatic heterocycles. The van der Waals surface area contributed by atoms with E-state index in [-0.39, 0.29) is 56.4 Å². The van der Waals surface area contributed by atoms with Crippen LogP contribution in [0.1, 0.15) is 120 Å². The van der Waals surface area contributed by atoms with Crippen molar-refractivity contribution >= 4 is 12.3 Å². The van der Waals surface area contributed by atoms with Crippen molar-refractivity contribution in [3.05, 3.63) is 0 Å². The van der Waals surface area contributed by atoms with Gasteiger partial charge in [-0.15, -0.1) is 0 Å². The van der Waals surface area contributed by atoms with Crippen molar-refractivity contribution in [2.24, 2.45) is 55.7 Å². The minimum Gasteiger partial charge on any atom is -0.462 e. The van der Waals surface area contributed by atoms with Gasteiger partial charge in [0.05, 0.1) is 11.5 Å². The van der Waals surface area contributed by atoms with E-state index >= 15 is 0 Å². The van der Waals surface area contributed by atoms with Crippen molar-refractivity contribution in [2.45, 2.75) is 132 Å². The fraction of sp³-hybridized carbons (Fsp3) is 0.938. The first-order chi connectivity index (χ1) is 16.5. The van der Waals surface area contributed by atoms with E-state index in [1.165, 1.54) is 19.6 Å². The van der Waals surface area contributed by atoms with Crippen LogP contribution in [0.5, 0.6) is 0 Å². The standard InChI is InChI=1S/C32H52O4/c1-20(34)36-23-11-12-29(7)21(27(23,4)5)10-13-30(8)24(29)25(35)32(19-33)22-18-26(2,3)14-15-28(22,6)16-17-31(30,32)9/h19,21-25,35H,10-18H2,1-9H3/t21-,22+,23-,24+,25-,28+,29-,30+,31-,32+/m0/s1. The Morgan fingerprint density at radius 3 is 2.11 bits per heavy atom. The Kier molecular flexibility index (Phi) is 5.64. The molecule has 5 saturated carbocycles. The molecule has 5 aliphatic carbocycles. The molecule has 1 N–H and O–H groups in total. The molecule has 5 rings (SSSR count). The predicted molar refractivity (Wildman–Crippen MR) is 142 cm³/mol. The molecule has 0 aromatic heterocycles. The van der Waals surface area contributed by atoms with Gasteiger partial charge in [0.15, 0.2) is 0 Å². The topological polar surface area (TPSA) is 63.6 Å². The summed E-state index contributed by atoms with van der Waals surface area (Å²) in [5.41, 5.74) is -0.948. The number of fused-ring (bicyclic) bond motifs is 7. The third kappa shape index (κ3) is 2.97. The van der Waals surface area contributed by atoms with E-state index in [9.17, 15) is 14.7 Å². The quantitative estimate of drug-likeness (QED) is 0.328. The lowest BCUT2D eigenvalue weighted by molar-refractivity contribution is -0.205. The minimum absolute atomic E-state index is 0.0730. The van der Waals surface area contributed by atoms with Gasteiger partial charge in [-0.3, -0.25) is 4.79 Å². The minimum atomic E-state index is -0.702. The maximum Gasteiger partial charge on any atom is 0.302 e. The highest BCUT2D eigenvalue weighted by Crippen LogP contribution is 2.82. The van der Waals surface area contributed by atoms with Crippen molar-refractivity contribution in [1.82, 2.24) is 0 Å². The summed E-state index contributed by atoms with van der Waals surface area (Å²) in [7, 11) is 0. The second-order valence-electron chi connectivity index (χ2n) is 16.4. The maximum absolute atomic E-state index is 13.6.